The van der Waals surface area contributed by atoms with Crippen LogP contribution < -0.4 is 10.1 Å². The number of nitrogens with zero attached hydrogens (tertiary/aromatic N) is 1. The Morgan fingerprint density at radius 3 is 2.57 bits per heavy atom. The molecule has 118 valence electrons. The van der Waals surface area contributed by atoms with Crippen molar-refractivity contribution >= 4 is 0 Å². The van der Waals surface area contributed by atoms with Gasteiger partial charge in [-0.3, -0.25) is 0 Å². The molecule has 1 fully saturated rings. The van der Waals surface area contributed by atoms with E-state index >= 15 is 0 Å². The Labute approximate surface area is 129 Å². The van der Waals surface area contributed by atoms with Gasteiger partial charge in [0.1, 0.15) is 5.75 Å². The fourth-order valence-electron chi connectivity index (χ4n) is 3.10. The van der Waals surface area contributed by atoms with E-state index in [1.165, 1.54) is 50.9 Å². The summed E-state index contributed by atoms with van der Waals surface area (Å²) in [7, 11) is 1.75. The largest absolute Gasteiger partial charge is 0.496 e. The van der Waals surface area contributed by atoms with Gasteiger partial charge in [-0.1, -0.05) is 31.0 Å². The average Bonchev–Trinajstić information content (AvgIpc) is 2.76. The van der Waals surface area contributed by atoms with Gasteiger partial charge in [-0.05, 0) is 50.9 Å². The molecule has 3 nitrogen and oxygen atoms in total. The molecule has 1 heterocycles. The van der Waals surface area contributed by atoms with Crippen LogP contribution in [0.3, 0.4) is 0 Å². The van der Waals surface area contributed by atoms with Crippen LogP contribution in [0.2, 0.25) is 0 Å². The number of para-hydroxylation sites is 1. The normalized spacial score (nSPS) is 18.2. The van der Waals surface area contributed by atoms with Crippen LogP contribution in [-0.4, -0.2) is 44.2 Å². The maximum absolute atomic E-state index is 5.42. The van der Waals surface area contributed by atoms with Crippen molar-refractivity contribution in [1.82, 2.24) is 10.2 Å². The molecule has 1 aliphatic rings. The van der Waals surface area contributed by atoms with E-state index in [0.29, 0.717) is 6.04 Å². The van der Waals surface area contributed by atoms with E-state index in [9.17, 15) is 0 Å². The second kappa shape index (κ2) is 9.06. The first-order valence-corrected chi connectivity index (χ1v) is 8.37. The molecule has 0 bridgehead atoms. The standard InChI is InChI=1S/C18H30N2O/c1-16(15-17-9-5-6-10-18(17)21-2)19-11-14-20-12-7-3-4-8-13-20/h5-6,9-10,16,19H,3-4,7-8,11-15H2,1-2H3. The van der Waals surface area contributed by atoms with Crippen LogP contribution in [0.25, 0.3) is 0 Å². The molecule has 0 radical (unpaired) electrons. The van der Waals surface area contributed by atoms with Crippen LogP contribution in [0.1, 0.15) is 38.2 Å². The first-order chi connectivity index (χ1) is 10.3. The Balaban J connectivity index is 1.70. The van der Waals surface area contributed by atoms with E-state index in [1.807, 2.05) is 12.1 Å². The Hall–Kier alpha value is -1.06. The van der Waals surface area contributed by atoms with Crippen molar-refractivity contribution in [2.45, 2.75) is 45.1 Å². The molecule has 3 heteroatoms. The minimum Gasteiger partial charge on any atom is -0.496 e. The molecule has 0 saturated carbocycles. The fraction of sp³-hybridized carbons (Fsp3) is 0.667. The molecule has 21 heavy (non-hydrogen) atoms. The van der Waals surface area contributed by atoms with Gasteiger partial charge in [-0.2, -0.15) is 0 Å². The van der Waals surface area contributed by atoms with Crippen molar-refractivity contribution in [3.63, 3.8) is 0 Å². The Morgan fingerprint density at radius 1 is 1.14 bits per heavy atom. The highest BCUT2D eigenvalue weighted by Gasteiger charge is 2.10. The van der Waals surface area contributed by atoms with Crippen LogP contribution in [0.4, 0.5) is 0 Å². The van der Waals surface area contributed by atoms with Gasteiger partial charge in [-0.25, -0.2) is 0 Å². The number of ether oxygens (including phenoxy) is 1. The molecule has 1 unspecified atom stereocenters. The highest BCUT2D eigenvalue weighted by Crippen LogP contribution is 2.18. The van der Waals surface area contributed by atoms with Gasteiger partial charge in [0.2, 0.25) is 0 Å². The molecule has 0 amide bonds. The number of benzene rings is 1. The lowest BCUT2D eigenvalue weighted by molar-refractivity contribution is 0.280. The molecular formula is C18H30N2O. The quantitative estimate of drug-likeness (QED) is 0.835. The number of hydrogen-bond donors (Lipinski definition) is 1. The maximum Gasteiger partial charge on any atom is 0.122 e. The lowest BCUT2D eigenvalue weighted by Gasteiger charge is -2.22. The smallest absolute Gasteiger partial charge is 0.122 e. The number of nitrogens with one attached hydrogen (secondary N) is 1. The minimum absolute atomic E-state index is 0.480. The Bertz CT molecular complexity index is 400. The average molecular weight is 290 g/mol. The molecule has 1 aliphatic heterocycles. The van der Waals surface area contributed by atoms with E-state index in [0.717, 1.165) is 18.7 Å². The predicted octanol–water partition coefficient (Wildman–Crippen LogP) is 3.09. The summed E-state index contributed by atoms with van der Waals surface area (Å²) in [4.78, 5) is 2.61. The minimum atomic E-state index is 0.480. The molecule has 1 saturated heterocycles. The van der Waals surface area contributed by atoms with Crippen LogP contribution in [0.15, 0.2) is 24.3 Å². The van der Waals surface area contributed by atoms with Crippen molar-refractivity contribution in [1.29, 1.82) is 0 Å². The highest BCUT2D eigenvalue weighted by molar-refractivity contribution is 5.33. The highest BCUT2D eigenvalue weighted by atomic mass is 16.5. The molecule has 0 aliphatic carbocycles. The summed E-state index contributed by atoms with van der Waals surface area (Å²) in [6.45, 7) is 7.08. The Kier molecular flexibility index (Phi) is 7.04. The SMILES string of the molecule is COc1ccccc1CC(C)NCCN1CCCCCC1. The van der Waals surface area contributed by atoms with E-state index < -0.39 is 0 Å². The van der Waals surface area contributed by atoms with Crippen molar-refractivity contribution in [2.24, 2.45) is 0 Å². The van der Waals surface area contributed by atoms with Gasteiger partial charge < -0.3 is 15.0 Å². The summed E-state index contributed by atoms with van der Waals surface area (Å²) < 4.78 is 5.42. The first kappa shape index (κ1) is 16.3. The van der Waals surface area contributed by atoms with E-state index in [4.69, 9.17) is 4.74 Å². The lowest BCUT2D eigenvalue weighted by Crippen LogP contribution is -2.37. The van der Waals surface area contributed by atoms with Gasteiger partial charge >= 0.3 is 0 Å². The molecular weight excluding hydrogens is 260 g/mol. The van der Waals surface area contributed by atoms with E-state index in [-0.39, 0.29) is 0 Å². The third-order valence-electron chi connectivity index (χ3n) is 4.34. The maximum atomic E-state index is 5.42. The molecule has 0 aromatic heterocycles. The van der Waals surface area contributed by atoms with Crippen molar-refractivity contribution in [3.05, 3.63) is 29.8 Å². The van der Waals surface area contributed by atoms with Crippen LogP contribution in [0, 0.1) is 0 Å². The third-order valence-corrected chi connectivity index (χ3v) is 4.34. The second-order valence-corrected chi connectivity index (χ2v) is 6.13. The number of methoxy groups -OCH3 is 1. The van der Waals surface area contributed by atoms with E-state index in [2.05, 4.69) is 29.3 Å². The topological polar surface area (TPSA) is 24.5 Å². The summed E-state index contributed by atoms with van der Waals surface area (Å²) in [6.07, 6.45) is 6.58. The van der Waals surface area contributed by atoms with Gasteiger partial charge in [0, 0.05) is 19.1 Å². The summed E-state index contributed by atoms with van der Waals surface area (Å²) in [5.41, 5.74) is 1.29. The van der Waals surface area contributed by atoms with Gasteiger partial charge in [0.05, 0.1) is 7.11 Å². The molecule has 1 aromatic carbocycles. The Morgan fingerprint density at radius 2 is 1.86 bits per heavy atom. The van der Waals surface area contributed by atoms with Crippen molar-refractivity contribution in [2.75, 3.05) is 33.3 Å². The summed E-state index contributed by atoms with van der Waals surface area (Å²) in [5, 5.41) is 3.65. The molecule has 1 N–H and O–H groups in total. The molecule has 0 spiro atoms. The zero-order valence-corrected chi connectivity index (χ0v) is 13.6. The van der Waals surface area contributed by atoms with Crippen LogP contribution >= 0.6 is 0 Å². The molecule has 2 rings (SSSR count). The lowest BCUT2D eigenvalue weighted by atomic mass is 10.1. The summed E-state index contributed by atoms with van der Waals surface area (Å²) in [6, 6.07) is 8.79. The zero-order valence-electron chi connectivity index (χ0n) is 13.6. The summed E-state index contributed by atoms with van der Waals surface area (Å²) in [5.74, 6) is 0.999. The first-order valence-electron chi connectivity index (χ1n) is 8.37. The molecule has 1 atom stereocenters. The van der Waals surface area contributed by atoms with Crippen molar-refractivity contribution in [3.8, 4) is 5.75 Å². The van der Waals surface area contributed by atoms with Gasteiger partial charge in [0.25, 0.3) is 0 Å². The number of hydrogen-bond acceptors (Lipinski definition) is 3. The number of rotatable bonds is 7. The molecule has 1 aromatic rings. The number of likely N-dealkylation sites (tertiary alicyclic amines) is 1. The second-order valence-electron chi connectivity index (χ2n) is 6.13. The predicted molar refractivity (Wildman–Crippen MR) is 89.1 cm³/mol. The monoisotopic (exact) mass is 290 g/mol. The van der Waals surface area contributed by atoms with Crippen LogP contribution in [-0.2, 0) is 6.42 Å². The van der Waals surface area contributed by atoms with Crippen LogP contribution in [0.5, 0.6) is 5.75 Å². The van der Waals surface area contributed by atoms with Crippen molar-refractivity contribution < 1.29 is 4.74 Å². The van der Waals surface area contributed by atoms with Gasteiger partial charge in [-0.15, -0.1) is 0 Å². The summed E-state index contributed by atoms with van der Waals surface area (Å²) >= 11 is 0. The fourth-order valence-corrected chi connectivity index (χ4v) is 3.10. The third kappa shape index (κ3) is 5.68. The van der Waals surface area contributed by atoms with Gasteiger partial charge in [0.15, 0.2) is 0 Å². The van der Waals surface area contributed by atoms with E-state index in [1.54, 1.807) is 7.11 Å². The zero-order chi connectivity index (χ0) is 14.9.